The molecule has 0 aromatic carbocycles. The summed E-state index contributed by atoms with van der Waals surface area (Å²) in [6.07, 6.45) is 13.3. The Kier molecular flexibility index (Phi) is 5.34. The predicted octanol–water partition coefficient (Wildman–Crippen LogP) is 4.37. The lowest BCUT2D eigenvalue weighted by molar-refractivity contribution is 0.297. The van der Waals surface area contributed by atoms with E-state index in [-0.39, 0.29) is 0 Å². The first kappa shape index (κ1) is 13.4. The summed E-state index contributed by atoms with van der Waals surface area (Å²) in [5.41, 5.74) is 0. The molecule has 0 aromatic rings. The van der Waals surface area contributed by atoms with Crippen LogP contribution in [0, 0.1) is 17.8 Å². The maximum absolute atomic E-state index is 3.64. The van der Waals surface area contributed by atoms with Crippen LogP contribution in [0.25, 0.3) is 0 Å². The van der Waals surface area contributed by atoms with E-state index < -0.39 is 0 Å². The van der Waals surface area contributed by atoms with E-state index in [0.29, 0.717) is 0 Å². The minimum absolute atomic E-state index is 0.795. The summed E-state index contributed by atoms with van der Waals surface area (Å²) in [5, 5.41) is 3.64. The smallest absolute Gasteiger partial charge is 0.00668 e. The van der Waals surface area contributed by atoms with Crippen molar-refractivity contribution < 1.29 is 0 Å². The summed E-state index contributed by atoms with van der Waals surface area (Å²) in [6, 6.07) is 0.795. The van der Waals surface area contributed by atoms with Gasteiger partial charge in [0.15, 0.2) is 0 Å². The zero-order valence-corrected chi connectivity index (χ0v) is 11.9. The maximum Gasteiger partial charge on any atom is 0.00668 e. The van der Waals surface area contributed by atoms with Crippen LogP contribution in [0.1, 0.15) is 71.6 Å². The van der Waals surface area contributed by atoms with Gasteiger partial charge < -0.3 is 5.32 Å². The third-order valence-corrected chi connectivity index (χ3v) is 5.14. The molecular weight excluding hydrogens is 206 g/mol. The Balaban J connectivity index is 1.61. The van der Waals surface area contributed by atoms with Gasteiger partial charge in [0, 0.05) is 6.04 Å². The molecule has 4 unspecified atom stereocenters. The van der Waals surface area contributed by atoms with Crippen LogP contribution in [0.3, 0.4) is 0 Å². The number of fused-ring (bicyclic) bond motifs is 2. The van der Waals surface area contributed by atoms with Gasteiger partial charge in [-0.2, -0.15) is 0 Å². The van der Waals surface area contributed by atoms with E-state index in [1.807, 2.05) is 0 Å². The van der Waals surface area contributed by atoms with Gasteiger partial charge in [-0.05, 0) is 56.4 Å². The summed E-state index contributed by atoms with van der Waals surface area (Å²) < 4.78 is 0. The molecule has 100 valence electrons. The van der Waals surface area contributed by atoms with Crippen LogP contribution in [-0.2, 0) is 0 Å². The van der Waals surface area contributed by atoms with Crippen LogP contribution in [0.5, 0.6) is 0 Å². The summed E-state index contributed by atoms with van der Waals surface area (Å²) in [6.45, 7) is 5.68. The molecule has 1 heteroatoms. The van der Waals surface area contributed by atoms with E-state index in [4.69, 9.17) is 0 Å². The first-order chi connectivity index (χ1) is 8.33. The van der Waals surface area contributed by atoms with Crippen molar-refractivity contribution in [3.05, 3.63) is 0 Å². The van der Waals surface area contributed by atoms with Crippen molar-refractivity contribution in [1.29, 1.82) is 0 Å². The fourth-order valence-corrected chi connectivity index (χ4v) is 4.34. The van der Waals surface area contributed by atoms with Gasteiger partial charge in [0.2, 0.25) is 0 Å². The molecule has 0 aliphatic heterocycles. The lowest BCUT2D eigenvalue weighted by Gasteiger charge is -2.23. The lowest BCUT2D eigenvalue weighted by Crippen LogP contribution is -2.28. The Morgan fingerprint density at radius 3 is 2.59 bits per heavy atom. The van der Waals surface area contributed by atoms with Crippen LogP contribution in [0.4, 0.5) is 0 Å². The molecule has 2 rings (SSSR count). The molecule has 0 heterocycles. The second-order valence-corrected chi connectivity index (χ2v) is 6.41. The van der Waals surface area contributed by atoms with Gasteiger partial charge in [-0.3, -0.25) is 0 Å². The standard InChI is InChI=1S/C16H31N/c1-3-6-16(17-4-2)8-5-7-14-11-13-9-10-15(14)12-13/h13-17H,3-12H2,1-2H3. The Labute approximate surface area is 108 Å². The van der Waals surface area contributed by atoms with Crippen molar-refractivity contribution in [1.82, 2.24) is 5.32 Å². The first-order valence-electron chi connectivity index (χ1n) is 8.06. The van der Waals surface area contributed by atoms with E-state index in [9.17, 15) is 0 Å². The number of hydrogen-bond donors (Lipinski definition) is 1. The van der Waals surface area contributed by atoms with Crippen LogP contribution in [0.15, 0.2) is 0 Å². The van der Waals surface area contributed by atoms with Crippen LogP contribution in [-0.4, -0.2) is 12.6 Å². The average molecular weight is 237 g/mol. The summed E-state index contributed by atoms with van der Waals surface area (Å²) >= 11 is 0. The zero-order valence-electron chi connectivity index (χ0n) is 11.9. The van der Waals surface area contributed by atoms with Gasteiger partial charge >= 0.3 is 0 Å². The molecule has 2 aliphatic rings. The van der Waals surface area contributed by atoms with Gasteiger partial charge in [0.05, 0.1) is 0 Å². The predicted molar refractivity (Wildman–Crippen MR) is 75.2 cm³/mol. The van der Waals surface area contributed by atoms with Gasteiger partial charge in [-0.1, -0.05) is 39.5 Å². The van der Waals surface area contributed by atoms with Crippen molar-refractivity contribution in [3.63, 3.8) is 0 Å². The van der Waals surface area contributed by atoms with Crippen molar-refractivity contribution in [2.75, 3.05) is 6.54 Å². The normalized spacial score (nSPS) is 33.2. The molecule has 0 saturated heterocycles. The zero-order chi connectivity index (χ0) is 12.1. The SMILES string of the molecule is CCCC(CCCC1CC2CCC1C2)NCC. The third kappa shape index (κ3) is 3.71. The summed E-state index contributed by atoms with van der Waals surface area (Å²) in [5.74, 6) is 3.37. The van der Waals surface area contributed by atoms with E-state index in [2.05, 4.69) is 19.2 Å². The minimum atomic E-state index is 0.795. The largest absolute Gasteiger partial charge is 0.314 e. The molecule has 2 saturated carbocycles. The molecule has 4 atom stereocenters. The van der Waals surface area contributed by atoms with Crippen molar-refractivity contribution >= 4 is 0 Å². The van der Waals surface area contributed by atoms with Crippen molar-refractivity contribution in [2.45, 2.75) is 77.7 Å². The third-order valence-electron chi connectivity index (χ3n) is 5.14. The van der Waals surface area contributed by atoms with Crippen LogP contribution >= 0.6 is 0 Å². The minimum Gasteiger partial charge on any atom is -0.314 e. The quantitative estimate of drug-likeness (QED) is 0.661. The molecular formula is C16H31N. The molecule has 1 nitrogen and oxygen atoms in total. The second kappa shape index (κ2) is 6.78. The summed E-state index contributed by atoms with van der Waals surface area (Å²) in [4.78, 5) is 0. The van der Waals surface area contributed by atoms with E-state index in [0.717, 1.165) is 30.3 Å². The van der Waals surface area contributed by atoms with Crippen molar-refractivity contribution in [2.24, 2.45) is 17.8 Å². The lowest BCUT2D eigenvalue weighted by atomic mass is 9.84. The van der Waals surface area contributed by atoms with E-state index >= 15 is 0 Å². The Morgan fingerprint density at radius 2 is 2.00 bits per heavy atom. The van der Waals surface area contributed by atoms with Crippen LogP contribution < -0.4 is 5.32 Å². The van der Waals surface area contributed by atoms with Gasteiger partial charge in [0.1, 0.15) is 0 Å². The molecule has 2 aliphatic carbocycles. The fourth-order valence-electron chi connectivity index (χ4n) is 4.34. The highest BCUT2D eigenvalue weighted by molar-refractivity contribution is 4.89. The van der Waals surface area contributed by atoms with Gasteiger partial charge in [-0.25, -0.2) is 0 Å². The first-order valence-corrected chi connectivity index (χ1v) is 8.06. The molecule has 0 amide bonds. The molecule has 0 spiro atoms. The fraction of sp³-hybridized carbons (Fsp3) is 1.00. The molecule has 17 heavy (non-hydrogen) atoms. The average Bonchev–Trinajstić information content (AvgIpc) is 2.91. The number of rotatable bonds is 8. The maximum atomic E-state index is 3.64. The monoisotopic (exact) mass is 237 g/mol. The molecule has 2 fully saturated rings. The van der Waals surface area contributed by atoms with Gasteiger partial charge in [0.25, 0.3) is 0 Å². The highest BCUT2D eigenvalue weighted by Crippen LogP contribution is 2.49. The highest BCUT2D eigenvalue weighted by Gasteiger charge is 2.38. The Morgan fingerprint density at radius 1 is 1.12 bits per heavy atom. The Bertz CT molecular complexity index is 208. The molecule has 0 aromatic heterocycles. The summed E-state index contributed by atoms with van der Waals surface area (Å²) in [7, 11) is 0. The van der Waals surface area contributed by atoms with E-state index in [1.54, 1.807) is 25.7 Å². The van der Waals surface area contributed by atoms with E-state index in [1.165, 1.54) is 32.1 Å². The second-order valence-electron chi connectivity index (χ2n) is 6.41. The molecule has 0 radical (unpaired) electrons. The van der Waals surface area contributed by atoms with Crippen molar-refractivity contribution in [3.8, 4) is 0 Å². The van der Waals surface area contributed by atoms with Crippen LogP contribution in [0.2, 0.25) is 0 Å². The van der Waals surface area contributed by atoms with Gasteiger partial charge in [-0.15, -0.1) is 0 Å². The number of hydrogen-bond acceptors (Lipinski definition) is 1. The molecule has 1 N–H and O–H groups in total. The number of nitrogens with one attached hydrogen (secondary N) is 1. The topological polar surface area (TPSA) is 12.0 Å². The Hall–Kier alpha value is -0.0400. The molecule has 2 bridgehead atoms. The highest BCUT2D eigenvalue weighted by atomic mass is 14.9.